The van der Waals surface area contributed by atoms with Crippen molar-refractivity contribution in [2.24, 2.45) is 0 Å². The molecule has 0 heterocycles. The Balaban J connectivity index is 3.03. The Labute approximate surface area is 100 Å². The third-order valence-corrected chi connectivity index (χ3v) is 3.68. The van der Waals surface area contributed by atoms with Gasteiger partial charge < -0.3 is 5.73 Å². The second-order valence-electron chi connectivity index (χ2n) is 3.70. The highest BCUT2D eigenvalue weighted by Gasteiger charge is 2.33. The monoisotopic (exact) mass is 265 g/mol. The predicted molar refractivity (Wildman–Crippen MR) is 62.9 cm³/mol. The lowest BCUT2D eigenvalue weighted by atomic mass is 10.1. The number of anilines is 1. The molecule has 0 bridgehead atoms. The number of nitrogens with two attached hydrogens (primary N) is 1. The first kappa shape index (κ1) is 14.0. The normalized spacial score (nSPS) is 13.6. The lowest BCUT2D eigenvalue weighted by Crippen LogP contribution is -2.12. The van der Waals surface area contributed by atoms with Crippen LogP contribution in [-0.2, 0) is 22.7 Å². The molecule has 6 heteroatoms. The molecule has 1 aromatic carbocycles. The molecule has 17 heavy (non-hydrogen) atoms. The van der Waals surface area contributed by atoms with Gasteiger partial charge in [0.1, 0.15) is 0 Å². The van der Waals surface area contributed by atoms with Crippen LogP contribution in [0.15, 0.2) is 18.2 Å². The third kappa shape index (κ3) is 4.03. The molecule has 96 valence electrons. The van der Waals surface area contributed by atoms with Crippen LogP contribution >= 0.6 is 0 Å². The van der Waals surface area contributed by atoms with Crippen molar-refractivity contribution in [1.82, 2.24) is 0 Å². The first-order valence-electron chi connectivity index (χ1n) is 5.15. The number of halogens is 3. The van der Waals surface area contributed by atoms with Crippen LogP contribution in [0.2, 0.25) is 0 Å². The minimum Gasteiger partial charge on any atom is -0.399 e. The van der Waals surface area contributed by atoms with E-state index in [0.29, 0.717) is 12.2 Å². The van der Waals surface area contributed by atoms with E-state index in [9.17, 15) is 17.4 Å². The van der Waals surface area contributed by atoms with Crippen LogP contribution in [0, 0.1) is 0 Å². The third-order valence-electron chi connectivity index (χ3n) is 2.19. The zero-order valence-corrected chi connectivity index (χ0v) is 10.2. The second-order valence-corrected chi connectivity index (χ2v) is 5.28. The van der Waals surface area contributed by atoms with E-state index in [-0.39, 0.29) is 17.0 Å². The SMILES string of the molecule is CCCS(=O)Cc1ccc(N)cc1C(F)(F)F. The van der Waals surface area contributed by atoms with E-state index in [0.717, 1.165) is 6.07 Å². The van der Waals surface area contributed by atoms with Gasteiger partial charge in [-0.1, -0.05) is 13.0 Å². The summed E-state index contributed by atoms with van der Waals surface area (Å²) in [6.45, 7) is 1.84. The maximum absolute atomic E-state index is 12.7. The minimum absolute atomic E-state index is 0.0403. The molecule has 0 aliphatic carbocycles. The summed E-state index contributed by atoms with van der Waals surface area (Å²) in [5.41, 5.74) is 4.65. The second kappa shape index (κ2) is 5.53. The standard InChI is InChI=1S/C11H14F3NOS/c1-2-5-17(16)7-8-3-4-9(15)6-10(8)11(12,13)14/h3-4,6H,2,5,7,15H2,1H3. The summed E-state index contributed by atoms with van der Waals surface area (Å²) in [6.07, 6.45) is -3.77. The van der Waals surface area contributed by atoms with Gasteiger partial charge in [-0.25, -0.2) is 0 Å². The fourth-order valence-electron chi connectivity index (χ4n) is 1.46. The number of alkyl halides is 3. The minimum atomic E-state index is -4.46. The van der Waals surface area contributed by atoms with Gasteiger partial charge in [0.05, 0.1) is 5.56 Å². The molecule has 0 aliphatic heterocycles. The summed E-state index contributed by atoms with van der Waals surface area (Å²) < 4.78 is 49.6. The molecule has 1 aromatic rings. The van der Waals surface area contributed by atoms with Crippen molar-refractivity contribution < 1.29 is 17.4 Å². The van der Waals surface area contributed by atoms with Gasteiger partial charge >= 0.3 is 6.18 Å². The van der Waals surface area contributed by atoms with Gasteiger partial charge in [0, 0.05) is 28.0 Å². The highest BCUT2D eigenvalue weighted by Crippen LogP contribution is 2.33. The van der Waals surface area contributed by atoms with Gasteiger partial charge in [-0.15, -0.1) is 0 Å². The number of hydrogen-bond acceptors (Lipinski definition) is 2. The molecule has 0 amide bonds. The quantitative estimate of drug-likeness (QED) is 0.850. The van der Waals surface area contributed by atoms with E-state index in [1.807, 2.05) is 6.92 Å². The van der Waals surface area contributed by atoms with Crippen LogP contribution in [0.3, 0.4) is 0 Å². The van der Waals surface area contributed by atoms with Crippen molar-refractivity contribution in [2.75, 3.05) is 11.5 Å². The summed E-state index contributed by atoms with van der Waals surface area (Å²) in [5.74, 6) is 0.324. The summed E-state index contributed by atoms with van der Waals surface area (Å²) in [6, 6.07) is 3.58. The Morgan fingerprint density at radius 3 is 2.53 bits per heavy atom. The predicted octanol–water partition coefficient (Wildman–Crippen LogP) is 2.95. The van der Waals surface area contributed by atoms with Crippen molar-refractivity contribution in [3.8, 4) is 0 Å². The van der Waals surface area contributed by atoms with E-state index in [4.69, 9.17) is 5.73 Å². The average Bonchev–Trinajstić information content (AvgIpc) is 2.19. The highest BCUT2D eigenvalue weighted by molar-refractivity contribution is 7.84. The van der Waals surface area contributed by atoms with Gasteiger partial charge in [0.2, 0.25) is 0 Å². The lowest BCUT2D eigenvalue weighted by molar-refractivity contribution is -0.138. The Bertz CT molecular complexity index is 418. The summed E-state index contributed by atoms with van der Waals surface area (Å²) in [7, 11) is -1.26. The van der Waals surface area contributed by atoms with Crippen molar-refractivity contribution >= 4 is 16.5 Å². The molecule has 1 rings (SSSR count). The van der Waals surface area contributed by atoms with E-state index in [1.54, 1.807) is 0 Å². The van der Waals surface area contributed by atoms with E-state index >= 15 is 0 Å². The molecule has 1 atom stereocenters. The fraction of sp³-hybridized carbons (Fsp3) is 0.455. The van der Waals surface area contributed by atoms with E-state index in [2.05, 4.69) is 0 Å². The fourth-order valence-corrected chi connectivity index (χ4v) is 2.66. The maximum atomic E-state index is 12.7. The molecule has 0 saturated heterocycles. The van der Waals surface area contributed by atoms with Crippen molar-refractivity contribution in [1.29, 1.82) is 0 Å². The molecule has 0 radical (unpaired) electrons. The Hall–Kier alpha value is -1.04. The highest BCUT2D eigenvalue weighted by atomic mass is 32.2. The van der Waals surface area contributed by atoms with Gasteiger partial charge in [0.25, 0.3) is 0 Å². The van der Waals surface area contributed by atoms with Crippen LogP contribution in [0.1, 0.15) is 24.5 Å². The van der Waals surface area contributed by atoms with Crippen molar-refractivity contribution in [2.45, 2.75) is 25.3 Å². The topological polar surface area (TPSA) is 43.1 Å². The van der Waals surface area contributed by atoms with Crippen LogP contribution in [-0.4, -0.2) is 9.96 Å². The average molecular weight is 265 g/mol. The van der Waals surface area contributed by atoms with Crippen LogP contribution in [0.4, 0.5) is 18.9 Å². The maximum Gasteiger partial charge on any atom is 0.416 e. The van der Waals surface area contributed by atoms with Gasteiger partial charge in [-0.2, -0.15) is 13.2 Å². The molecule has 0 aliphatic rings. The lowest BCUT2D eigenvalue weighted by Gasteiger charge is -2.13. The zero-order valence-electron chi connectivity index (χ0n) is 9.38. The first-order valence-corrected chi connectivity index (χ1v) is 6.64. The smallest absolute Gasteiger partial charge is 0.399 e. The molecular formula is C11H14F3NOS. The Morgan fingerprint density at radius 2 is 2.00 bits per heavy atom. The van der Waals surface area contributed by atoms with Crippen LogP contribution < -0.4 is 5.73 Å². The number of nitrogen functional groups attached to an aromatic ring is 1. The summed E-state index contributed by atoms with van der Waals surface area (Å²) in [4.78, 5) is 0. The van der Waals surface area contributed by atoms with Crippen LogP contribution in [0.5, 0.6) is 0 Å². The van der Waals surface area contributed by atoms with E-state index in [1.165, 1.54) is 12.1 Å². The molecule has 0 spiro atoms. The summed E-state index contributed by atoms with van der Waals surface area (Å²) in [5, 5.41) is 0. The number of benzene rings is 1. The number of rotatable bonds is 4. The molecule has 0 aromatic heterocycles. The van der Waals surface area contributed by atoms with E-state index < -0.39 is 22.5 Å². The van der Waals surface area contributed by atoms with Crippen LogP contribution in [0.25, 0.3) is 0 Å². The van der Waals surface area contributed by atoms with Crippen molar-refractivity contribution in [3.05, 3.63) is 29.3 Å². The molecular weight excluding hydrogens is 251 g/mol. The Kier molecular flexibility index (Phi) is 4.56. The molecule has 2 nitrogen and oxygen atoms in total. The van der Waals surface area contributed by atoms with Crippen molar-refractivity contribution in [3.63, 3.8) is 0 Å². The molecule has 2 N–H and O–H groups in total. The number of hydrogen-bond donors (Lipinski definition) is 1. The van der Waals surface area contributed by atoms with Gasteiger partial charge in [-0.05, 0) is 24.1 Å². The molecule has 1 unspecified atom stereocenters. The van der Waals surface area contributed by atoms with Gasteiger partial charge in [0.15, 0.2) is 0 Å². The molecule has 0 saturated carbocycles. The van der Waals surface area contributed by atoms with Gasteiger partial charge in [-0.3, -0.25) is 4.21 Å². The molecule has 0 fully saturated rings. The Morgan fingerprint density at radius 1 is 1.35 bits per heavy atom. The zero-order chi connectivity index (χ0) is 13.1. The summed E-state index contributed by atoms with van der Waals surface area (Å²) >= 11 is 0. The largest absolute Gasteiger partial charge is 0.416 e. The first-order chi connectivity index (χ1) is 7.84.